The van der Waals surface area contributed by atoms with Crippen molar-refractivity contribution in [1.29, 1.82) is 0 Å². The van der Waals surface area contributed by atoms with Crippen LogP contribution in [0.25, 0.3) is 33.4 Å². The van der Waals surface area contributed by atoms with Crippen LogP contribution in [0.1, 0.15) is 22.3 Å². The molecule has 2 N–H and O–H groups in total. The van der Waals surface area contributed by atoms with Gasteiger partial charge < -0.3 is 10.6 Å². The Morgan fingerprint density at radius 1 is 0.462 bits per heavy atom. The molecule has 1 aliphatic rings. The van der Waals surface area contributed by atoms with Crippen LogP contribution in [-0.4, -0.2) is 27.2 Å². The lowest BCUT2D eigenvalue weighted by Gasteiger charge is -2.35. The zero-order chi connectivity index (χ0) is 26.7. The van der Waals surface area contributed by atoms with Gasteiger partial charge in [-0.05, 0) is 69.7 Å². The van der Waals surface area contributed by atoms with Gasteiger partial charge in [0.25, 0.3) is 0 Å². The maximum atomic E-state index is 3.58. The predicted molar refractivity (Wildman–Crippen MR) is 166 cm³/mol. The van der Waals surface area contributed by atoms with E-state index in [4.69, 9.17) is 0 Å². The number of fused-ring (bicyclic) bond motifs is 1. The molecule has 0 saturated carbocycles. The molecule has 2 heteroatoms. The van der Waals surface area contributed by atoms with Gasteiger partial charge in [0, 0.05) is 18.5 Å². The smallest absolute Gasteiger partial charge is 0.0469 e. The molecule has 6 rings (SSSR count). The van der Waals surface area contributed by atoms with E-state index >= 15 is 0 Å². The monoisotopic (exact) mass is 506 g/mol. The van der Waals surface area contributed by atoms with Gasteiger partial charge in [-0.3, -0.25) is 0 Å². The van der Waals surface area contributed by atoms with Crippen LogP contribution < -0.4 is 10.6 Å². The fraction of sp³-hybridized carbons (Fsp3) is 0.135. The van der Waals surface area contributed by atoms with E-state index in [1.165, 1.54) is 55.7 Å². The Hall–Kier alpha value is -4.24. The Labute approximate surface area is 232 Å². The normalized spacial score (nSPS) is 13.9. The van der Waals surface area contributed by atoms with Crippen LogP contribution in [-0.2, 0) is 5.41 Å². The zero-order valence-corrected chi connectivity index (χ0v) is 22.6. The second-order valence-corrected chi connectivity index (χ2v) is 10.3. The highest BCUT2D eigenvalue weighted by Gasteiger charge is 2.46. The lowest BCUT2D eigenvalue weighted by Crippen LogP contribution is -2.44. The van der Waals surface area contributed by atoms with Gasteiger partial charge in [0.15, 0.2) is 0 Å². The molecule has 2 nitrogen and oxygen atoms in total. The molecular formula is C37H34N2. The molecule has 0 aromatic heterocycles. The molecule has 1 aliphatic carbocycles. The summed E-state index contributed by atoms with van der Waals surface area (Å²) in [5.74, 6) is 0. The molecule has 0 fully saturated rings. The first-order valence-corrected chi connectivity index (χ1v) is 13.7. The van der Waals surface area contributed by atoms with E-state index in [2.05, 4.69) is 158 Å². The number of hydrogen-bond donors (Lipinski definition) is 2. The summed E-state index contributed by atoms with van der Waals surface area (Å²) in [4.78, 5) is 0. The van der Waals surface area contributed by atoms with Crippen molar-refractivity contribution < 1.29 is 0 Å². The number of hydrogen-bond acceptors (Lipinski definition) is 2. The highest BCUT2D eigenvalue weighted by molar-refractivity contribution is 6.12. The minimum Gasteiger partial charge on any atom is -0.318 e. The molecule has 0 spiro atoms. The van der Waals surface area contributed by atoms with Crippen molar-refractivity contribution in [3.05, 3.63) is 156 Å². The minimum atomic E-state index is -0.260. The third kappa shape index (κ3) is 4.32. The molecule has 0 aliphatic heterocycles. The SMILES string of the molecule is CNCC1(CNC)C(c2ccccc2)=C(c2ccccc2)c2c1ccc(-c1ccccc1)c2-c1ccccc1. The molecule has 0 unspecified atom stereocenters. The van der Waals surface area contributed by atoms with Crippen LogP contribution >= 0.6 is 0 Å². The van der Waals surface area contributed by atoms with E-state index in [0.717, 1.165) is 13.1 Å². The van der Waals surface area contributed by atoms with Crippen LogP contribution in [0.3, 0.4) is 0 Å². The lowest BCUT2D eigenvalue weighted by molar-refractivity contribution is 0.498. The van der Waals surface area contributed by atoms with E-state index in [9.17, 15) is 0 Å². The standard InChI is InChI=1S/C37H34N2/c1-38-25-37(26-39-2)32-24-23-31(27-15-7-3-8-16-27)33(28-17-9-4-10-18-28)35(32)34(29-19-11-5-12-20-29)36(37)30-21-13-6-14-22-30/h3-24,38-39H,25-26H2,1-2H3. The zero-order valence-electron chi connectivity index (χ0n) is 22.6. The second kappa shape index (κ2) is 10.9. The molecular weight excluding hydrogens is 472 g/mol. The summed E-state index contributed by atoms with van der Waals surface area (Å²) in [6.07, 6.45) is 0. The van der Waals surface area contributed by atoms with Gasteiger partial charge in [-0.25, -0.2) is 0 Å². The summed E-state index contributed by atoms with van der Waals surface area (Å²) in [6, 6.07) is 48.3. The molecule has 0 radical (unpaired) electrons. The quantitative estimate of drug-likeness (QED) is 0.226. The van der Waals surface area contributed by atoms with Crippen LogP contribution in [0.15, 0.2) is 133 Å². The molecule has 0 atom stereocenters. The molecule has 0 bridgehead atoms. The van der Waals surface area contributed by atoms with Crippen LogP contribution in [0.4, 0.5) is 0 Å². The first-order valence-electron chi connectivity index (χ1n) is 13.7. The van der Waals surface area contributed by atoms with Crippen molar-refractivity contribution >= 4 is 11.1 Å². The van der Waals surface area contributed by atoms with Crippen molar-refractivity contribution in [1.82, 2.24) is 10.6 Å². The molecule has 5 aromatic carbocycles. The Morgan fingerprint density at radius 2 is 0.923 bits per heavy atom. The second-order valence-electron chi connectivity index (χ2n) is 10.3. The topological polar surface area (TPSA) is 24.1 Å². The number of likely N-dealkylation sites (N-methyl/N-ethyl adjacent to an activating group) is 2. The van der Waals surface area contributed by atoms with Crippen molar-refractivity contribution in [2.24, 2.45) is 0 Å². The fourth-order valence-corrected chi connectivity index (χ4v) is 6.48. The molecule has 0 saturated heterocycles. The highest BCUT2D eigenvalue weighted by atomic mass is 14.9. The Bertz CT molecular complexity index is 1580. The average molecular weight is 507 g/mol. The first-order chi connectivity index (χ1) is 19.3. The molecule has 39 heavy (non-hydrogen) atoms. The third-order valence-electron chi connectivity index (χ3n) is 7.93. The summed E-state index contributed by atoms with van der Waals surface area (Å²) in [5.41, 5.74) is 12.6. The van der Waals surface area contributed by atoms with E-state index in [1.807, 2.05) is 0 Å². The summed E-state index contributed by atoms with van der Waals surface area (Å²) >= 11 is 0. The lowest BCUT2D eigenvalue weighted by atomic mass is 9.73. The van der Waals surface area contributed by atoms with Gasteiger partial charge in [0.05, 0.1) is 0 Å². The maximum absolute atomic E-state index is 3.58. The summed E-state index contributed by atoms with van der Waals surface area (Å²) < 4.78 is 0. The third-order valence-corrected chi connectivity index (χ3v) is 7.93. The molecule has 5 aromatic rings. The Morgan fingerprint density at radius 3 is 1.44 bits per heavy atom. The number of benzene rings is 5. The summed E-state index contributed by atoms with van der Waals surface area (Å²) in [7, 11) is 4.13. The van der Waals surface area contributed by atoms with Crippen molar-refractivity contribution in [2.75, 3.05) is 27.2 Å². The predicted octanol–water partition coefficient (Wildman–Crippen LogP) is 7.67. The Kier molecular flexibility index (Phi) is 6.98. The molecule has 0 heterocycles. The maximum Gasteiger partial charge on any atom is 0.0469 e. The van der Waals surface area contributed by atoms with Crippen molar-refractivity contribution in [3.63, 3.8) is 0 Å². The Balaban J connectivity index is 1.82. The van der Waals surface area contributed by atoms with E-state index < -0.39 is 0 Å². The van der Waals surface area contributed by atoms with Gasteiger partial charge in [-0.1, -0.05) is 133 Å². The average Bonchev–Trinajstić information content (AvgIpc) is 3.28. The van der Waals surface area contributed by atoms with Crippen LogP contribution in [0.5, 0.6) is 0 Å². The summed E-state index contributed by atoms with van der Waals surface area (Å²) in [5, 5.41) is 7.16. The van der Waals surface area contributed by atoms with E-state index in [-0.39, 0.29) is 5.41 Å². The van der Waals surface area contributed by atoms with Gasteiger partial charge in [-0.15, -0.1) is 0 Å². The highest BCUT2D eigenvalue weighted by Crippen LogP contribution is 2.57. The van der Waals surface area contributed by atoms with Crippen LogP contribution in [0.2, 0.25) is 0 Å². The van der Waals surface area contributed by atoms with Gasteiger partial charge >= 0.3 is 0 Å². The van der Waals surface area contributed by atoms with Crippen molar-refractivity contribution in [3.8, 4) is 22.3 Å². The van der Waals surface area contributed by atoms with Crippen molar-refractivity contribution in [2.45, 2.75) is 5.41 Å². The number of nitrogens with one attached hydrogen (secondary N) is 2. The van der Waals surface area contributed by atoms with E-state index in [1.54, 1.807) is 0 Å². The van der Waals surface area contributed by atoms with Gasteiger partial charge in [0.2, 0.25) is 0 Å². The van der Waals surface area contributed by atoms with E-state index in [0.29, 0.717) is 0 Å². The minimum absolute atomic E-state index is 0.260. The first kappa shape index (κ1) is 25.1. The summed E-state index contributed by atoms with van der Waals surface area (Å²) in [6.45, 7) is 1.64. The largest absolute Gasteiger partial charge is 0.318 e. The van der Waals surface area contributed by atoms with Crippen LogP contribution in [0, 0.1) is 0 Å². The molecule has 0 amide bonds. The van der Waals surface area contributed by atoms with Gasteiger partial charge in [0.1, 0.15) is 0 Å². The number of rotatable bonds is 8. The fourth-order valence-electron chi connectivity index (χ4n) is 6.48. The van der Waals surface area contributed by atoms with Gasteiger partial charge in [-0.2, -0.15) is 0 Å². The molecule has 192 valence electrons.